The Morgan fingerprint density at radius 2 is 1.79 bits per heavy atom. The van der Waals surface area contributed by atoms with Crippen molar-refractivity contribution in [2.24, 2.45) is 5.92 Å². The molecular weight excluding hydrogens is 388 g/mol. The molecule has 0 spiro atoms. The van der Waals surface area contributed by atoms with Crippen molar-refractivity contribution in [2.75, 3.05) is 18.0 Å². The summed E-state index contributed by atoms with van der Waals surface area (Å²) >= 11 is 6.82. The van der Waals surface area contributed by atoms with E-state index in [1.54, 1.807) is 9.80 Å². The highest BCUT2D eigenvalue weighted by Crippen LogP contribution is 2.44. The van der Waals surface area contributed by atoms with Gasteiger partial charge in [0.15, 0.2) is 0 Å². The van der Waals surface area contributed by atoms with Gasteiger partial charge < -0.3 is 4.90 Å². The molecule has 1 unspecified atom stereocenters. The molecule has 28 heavy (non-hydrogen) atoms. The standard InChI is InChI=1S/C22H28N2O2S2/c1-4-7-10-15(6-3)14-24-21(26)19(28-22(24)27)18-16-11-8-9-12-17(16)23(13-5-2)20(18)25/h8-9,11-12,15H,4-7,10,13-14H2,1-3H3/b19-18-. The van der Waals surface area contributed by atoms with Gasteiger partial charge in [0.1, 0.15) is 4.32 Å². The Kier molecular flexibility index (Phi) is 6.94. The molecule has 0 radical (unpaired) electrons. The van der Waals surface area contributed by atoms with Gasteiger partial charge in [0.25, 0.3) is 11.8 Å². The smallest absolute Gasteiger partial charge is 0.267 e. The Balaban J connectivity index is 1.93. The second kappa shape index (κ2) is 9.23. The van der Waals surface area contributed by atoms with Gasteiger partial charge in [0.2, 0.25) is 0 Å². The van der Waals surface area contributed by atoms with Crippen LogP contribution in [0.25, 0.3) is 5.57 Å². The number of unbranched alkanes of at least 4 members (excludes halogenated alkanes) is 1. The van der Waals surface area contributed by atoms with E-state index in [-0.39, 0.29) is 11.8 Å². The van der Waals surface area contributed by atoms with Crippen molar-refractivity contribution in [1.82, 2.24) is 4.90 Å². The third-order valence-corrected chi connectivity index (χ3v) is 6.88. The lowest BCUT2D eigenvalue weighted by atomic mass is 9.98. The normalized spacial score (nSPS) is 20.3. The lowest BCUT2D eigenvalue weighted by Gasteiger charge is -2.21. The van der Waals surface area contributed by atoms with E-state index >= 15 is 0 Å². The number of rotatable bonds is 8. The molecule has 1 fully saturated rings. The molecule has 2 amide bonds. The van der Waals surface area contributed by atoms with E-state index in [0.717, 1.165) is 43.4 Å². The summed E-state index contributed by atoms with van der Waals surface area (Å²) in [5.74, 6) is 0.248. The third-order valence-electron chi connectivity index (χ3n) is 5.43. The van der Waals surface area contributed by atoms with Crippen molar-refractivity contribution in [2.45, 2.75) is 52.9 Å². The van der Waals surface area contributed by atoms with Crippen molar-refractivity contribution in [3.63, 3.8) is 0 Å². The quantitative estimate of drug-likeness (QED) is 0.430. The molecule has 1 aromatic rings. The summed E-state index contributed by atoms with van der Waals surface area (Å²) in [4.78, 5) is 30.4. The van der Waals surface area contributed by atoms with Crippen LogP contribution in [0.3, 0.4) is 0 Å². The van der Waals surface area contributed by atoms with Crippen molar-refractivity contribution < 1.29 is 9.59 Å². The lowest BCUT2D eigenvalue weighted by molar-refractivity contribution is -0.123. The molecule has 6 heteroatoms. The number of amides is 2. The Morgan fingerprint density at radius 1 is 1.04 bits per heavy atom. The first-order chi connectivity index (χ1) is 13.5. The highest BCUT2D eigenvalue weighted by atomic mass is 32.2. The van der Waals surface area contributed by atoms with Crippen LogP contribution in [-0.2, 0) is 9.59 Å². The summed E-state index contributed by atoms with van der Waals surface area (Å²) in [5.41, 5.74) is 2.26. The predicted molar refractivity (Wildman–Crippen MR) is 121 cm³/mol. The van der Waals surface area contributed by atoms with E-state index in [0.29, 0.717) is 33.8 Å². The minimum absolute atomic E-state index is 0.0819. The summed E-state index contributed by atoms with van der Waals surface area (Å²) in [6.45, 7) is 7.69. The van der Waals surface area contributed by atoms with Crippen LogP contribution in [0.5, 0.6) is 0 Å². The maximum atomic E-state index is 13.2. The molecule has 3 rings (SSSR count). The number of fused-ring (bicyclic) bond motifs is 1. The molecule has 2 heterocycles. The fourth-order valence-corrected chi connectivity index (χ4v) is 5.17. The van der Waals surface area contributed by atoms with Crippen LogP contribution >= 0.6 is 24.0 Å². The van der Waals surface area contributed by atoms with Gasteiger partial charge >= 0.3 is 0 Å². The van der Waals surface area contributed by atoms with Gasteiger partial charge in [-0.2, -0.15) is 0 Å². The first-order valence-corrected chi connectivity index (χ1v) is 11.4. The van der Waals surface area contributed by atoms with Crippen LogP contribution in [0.4, 0.5) is 5.69 Å². The van der Waals surface area contributed by atoms with E-state index < -0.39 is 0 Å². The predicted octanol–water partition coefficient (Wildman–Crippen LogP) is 5.23. The summed E-state index contributed by atoms with van der Waals surface area (Å²) in [5, 5.41) is 0. The van der Waals surface area contributed by atoms with Crippen LogP contribution in [0.15, 0.2) is 29.2 Å². The minimum atomic E-state index is -0.110. The maximum Gasteiger partial charge on any atom is 0.267 e. The largest absolute Gasteiger partial charge is 0.308 e. The number of hydrogen-bond donors (Lipinski definition) is 0. The molecule has 150 valence electrons. The molecule has 0 bridgehead atoms. The number of hydrogen-bond acceptors (Lipinski definition) is 4. The number of anilines is 1. The van der Waals surface area contributed by atoms with Crippen molar-refractivity contribution in [3.05, 3.63) is 34.7 Å². The SMILES string of the molecule is CCCCC(CC)CN1C(=O)/C(=C2/C(=O)N(CCC)c3ccccc32)SC1=S. The van der Waals surface area contributed by atoms with Gasteiger partial charge in [-0.25, -0.2) is 0 Å². The average Bonchev–Trinajstić information content (AvgIpc) is 3.13. The first-order valence-electron chi connectivity index (χ1n) is 10.2. The first kappa shape index (κ1) is 21.1. The number of thiocarbonyl (C=S) groups is 1. The molecular formula is C22H28N2O2S2. The molecule has 0 aliphatic carbocycles. The zero-order chi connectivity index (χ0) is 20.3. The molecule has 2 aliphatic rings. The van der Waals surface area contributed by atoms with E-state index in [9.17, 15) is 9.59 Å². The zero-order valence-electron chi connectivity index (χ0n) is 16.9. The van der Waals surface area contributed by atoms with Gasteiger partial charge in [0, 0.05) is 18.7 Å². The molecule has 0 N–H and O–H groups in total. The highest BCUT2D eigenvalue weighted by Gasteiger charge is 2.42. The van der Waals surface area contributed by atoms with Crippen molar-refractivity contribution in [1.29, 1.82) is 0 Å². The molecule has 4 nitrogen and oxygen atoms in total. The van der Waals surface area contributed by atoms with Gasteiger partial charge in [-0.1, -0.05) is 82.2 Å². The molecule has 0 aromatic heterocycles. The van der Waals surface area contributed by atoms with Gasteiger partial charge in [-0.15, -0.1) is 0 Å². The summed E-state index contributed by atoms with van der Waals surface area (Å²) in [6, 6.07) is 7.73. The number of para-hydroxylation sites is 1. The molecule has 1 aromatic carbocycles. The molecule has 2 aliphatic heterocycles. The number of nitrogens with zero attached hydrogens (tertiary/aromatic N) is 2. The molecule has 1 saturated heterocycles. The molecule has 0 saturated carbocycles. The Bertz CT molecular complexity index is 819. The van der Waals surface area contributed by atoms with Crippen LogP contribution in [0, 0.1) is 5.92 Å². The topological polar surface area (TPSA) is 40.6 Å². The maximum absolute atomic E-state index is 13.2. The zero-order valence-corrected chi connectivity index (χ0v) is 18.5. The van der Waals surface area contributed by atoms with Crippen molar-refractivity contribution >= 4 is 51.4 Å². The van der Waals surface area contributed by atoms with E-state index in [2.05, 4.69) is 20.8 Å². The summed E-state index contributed by atoms with van der Waals surface area (Å²) < 4.78 is 0.571. The van der Waals surface area contributed by atoms with Gasteiger partial charge in [0.05, 0.1) is 16.2 Å². The van der Waals surface area contributed by atoms with E-state index in [1.807, 2.05) is 24.3 Å². The Morgan fingerprint density at radius 3 is 2.46 bits per heavy atom. The number of benzene rings is 1. The average molecular weight is 417 g/mol. The number of thioether (sulfide) groups is 1. The second-order valence-corrected chi connectivity index (χ2v) is 9.02. The highest BCUT2D eigenvalue weighted by molar-refractivity contribution is 8.26. The van der Waals surface area contributed by atoms with Crippen LogP contribution in [0.2, 0.25) is 0 Å². The third kappa shape index (κ3) is 3.90. The lowest BCUT2D eigenvalue weighted by Crippen LogP contribution is -2.33. The number of carbonyl (C=O) groups is 2. The Hall–Kier alpha value is -1.66. The second-order valence-electron chi connectivity index (χ2n) is 7.38. The van der Waals surface area contributed by atoms with Gasteiger partial charge in [-0.3, -0.25) is 14.5 Å². The minimum Gasteiger partial charge on any atom is -0.308 e. The van der Waals surface area contributed by atoms with Crippen LogP contribution in [-0.4, -0.2) is 34.1 Å². The Labute approximate surface area is 177 Å². The van der Waals surface area contributed by atoms with E-state index in [1.165, 1.54) is 11.8 Å². The van der Waals surface area contributed by atoms with Crippen LogP contribution < -0.4 is 4.90 Å². The number of carbonyl (C=O) groups excluding carboxylic acids is 2. The monoisotopic (exact) mass is 416 g/mol. The molecule has 1 atom stereocenters. The summed E-state index contributed by atoms with van der Waals surface area (Å²) in [7, 11) is 0. The van der Waals surface area contributed by atoms with Gasteiger partial charge in [-0.05, 0) is 24.8 Å². The summed E-state index contributed by atoms with van der Waals surface area (Å²) in [6.07, 6.45) is 5.30. The van der Waals surface area contributed by atoms with E-state index in [4.69, 9.17) is 12.2 Å². The van der Waals surface area contributed by atoms with Crippen LogP contribution in [0.1, 0.15) is 58.4 Å². The fourth-order valence-electron chi connectivity index (χ4n) is 3.83. The fraction of sp³-hybridized carbons (Fsp3) is 0.500. The van der Waals surface area contributed by atoms with Crippen molar-refractivity contribution in [3.8, 4) is 0 Å².